The quantitative estimate of drug-likeness (QED) is 0.119. The lowest BCUT2D eigenvalue weighted by Gasteiger charge is -2.28. The monoisotopic (exact) mass is 735 g/mol. The van der Waals surface area contributed by atoms with E-state index in [4.69, 9.17) is 0 Å². The summed E-state index contributed by atoms with van der Waals surface area (Å²) in [6.45, 7) is 5.75. The first-order valence-corrected chi connectivity index (χ1v) is 15.2. The maximum absolute atomic E-state index is 13.9. The molecular formula is C30H29F3IN7O4. The lowest BCUT2D eigenvalue weighted by atomic mass is 10.1. The molecule has 3 atom stereocenters. The number of aromatic nitrogens is 5. The van der Waals surface area contributed by atoms with Gasteiger partial charge in [-0.25, -0.2) is 19.9 Å². The number of hydrogen-bond acceptors (Lipinski definition) is 8. The van der Waals surface area contributed by atoms with Crippen molar-refractivity contribution in [2.24, 2.45) is 5.92 Å². The van der Waals surface area contributed by atoms with Gasteiger partial charge in [0, 0.05) is 35.1 Å². The molecule has 1 fully saturated rings. The highest BCUT2D eigenvalue weighted by atomic mass is 127. The Balaban J connectivity index is 1.48. The highest BCUT2D eigenvalue weighted by molar-refractivity contribution is 14.1. The maximum atomic E-state index is 13.9. The number of carbonyl (C=O) groups is 3. The largest absolute Gasteiger partial charge is 0.433 e. The maximum Gasteiger partial charge on any atom is 0.433 e. The number of rotatable bonds is 7. The van der Waals surface area contributed by atoms with Gasteiger partial charge in [-0.2, -0.15) is 13.2 Å². The Hall–Kier alpha value is -3.99. The topological polar surface area (TPSA) is 143 Å². The fourth-order valence-electron chi connectivity index (χ4n) is 5.40. The third-order valence-electron chi connectivity index (χ3n) is 7.72. The number of amides is 2. The summed E-state index contributed by atoms with van der Waals surface area (Å²) in [5.74, 6) is -1.16. The molecule has 0 aromatic carbocycles. The van der Waals surface area contributed by atoms with Crippen LogP contribution >= 0.6 is 22.6 Å². The molecule has 4 aromatic heterocycles. The average Bonchev–Trinajstić information content (AvgIpc) is 3.50. The van der Waals surface area contributed by atoms with Gasteiger partial charge in [-0.3, -0.25) is 14.4 Å². The van der Waals surface area contributed by atoms with Crippen LogP contribution in [0, 0.1) is 19.8 Å². The lowest BCUT2D eigenvalue weighted by Crippen LogP contribution is -2.46. The highest BCUT2D eigenvalue weighted by Gasteiger charge is 2.44. The molecule has 11 nitrogen and oxygen atoms in total. The molecule has 5 heterocycles. The summed E-state index contributed by atoms with van der Waals surface area (Å²) in [5, 5.41) is 13.2. The molecule has 2 amide bonds. The molecule has 1 aliphatic rings. The molecule has 15 heteroatoms. The summed E-state index contributed by atoms with van der Waals surface area (Å²) in [5.41, 5.74) is 1.13. The number of nitrogens with one attached hydrogen (secondary N) is 1. The fraction of sp³-hybridized carbons (Fsp3) is 0.367. The van der Waals surface area contributed by atoms with Crippen LogP contribution < -0.4 is 5.32 Å². The standard InChI is InChI=1S/C30H29F3IN7O4/c1-14-5-6-24(30(31,32)33)38-28(14)39-29(45)23-7-15(2)27(34)41(23)25(44)12-40-11-20(16(3)43)19-8-21(37-22(13-42)26(19)40)18-9-35-17(4)36-10-18/h5-6,8-11,15,23,27,42H,7,12-13H2,1-4H3,(H,38,39,45)/t15-,23?,27-/m0/s1. The Labute approximate surface area is 269 Å². The fourth-order valence-corrected chi connectivity index (χ4v) is 6.40. The molecular weight excluding hydrogens is 706 g/mol. The molecule has 4 aromatic rings. The number of Topliss-reactive ketones (excluding diaryl/α,β-unsaturated/α-hetero) is 1. The molecule has 5 rings (SSSR count). The number of aliphatic hydroxyl groups is 1. The van der Waals surface area contributed by atoms with Crippen LogP contribution in [0.5, 0.6) is 0 Å². The summed E-state index contributed by atoms with van der Waals surface area (Å²) in [7, 11) is 0. The second-order valence-corrected chi connectivity index (χ2v) is 12.3. The predicted molar refractivity (Wildman–Crippen MR) is 166 cm³/mol. The van der Waals surface area contributed by atoms with E-state index in [1.54, 1.807) is 25.4 Å². The zero-order valence-electron chi connectivity index (χ0n) is 24.7. The van der Waals surface area contributed by atoms with Crippen molar-refractivity contribution in [3.05, 3.63) is 65.1 Å². The Morgan fingerprint density at radius 2 is 1.82 bits per heavy atom. The lowest BCUT2D eigenvalue weighted by molar-refractivity contribution is -0.141. The first-order valence-electron chi connectivity index (χ1n) is 13.9. The van der Waals surface area contributed by atoms with Gasteiger partial charge in [-0.15, -0.1) is 0 Å². The van der Waals surface area contributed by atoms with Gasteiger partial charge in [-0.1, -0.05) is 35.6 Å². The molecule has 1 unspecified atom stereocenters. The zero-order valence-corrected chi connectivity index (χ0v) is 26.8. The van der Waals surface area contributed by atoms with Gasteiger partial charge < -0.3 is 19.9 Å². The van der Waals surface area contributed by atoms with Crippen molar-refractivity contribution in [3.8, 4) is 11.3 Å². The van der Waals surface area contributed by atoms with Crippen molar-refractivity contribution >= 4 is 56.9 Å². The van der Waals surface area contributed by atoms with Crippen molar-refractivity contribution in [1.29, 1.82) is 0 Å². The molecule has 1 saturated heterocycles. The van der Waals surface area contributed by atoms with Crippen molar-refractivity contribution in [2.45, 2.75) is 63.5 Å². The van der Waals surface area contributed by atoms with Gasteiger partial charge in [0.1, 0.15) is 29.9 Å². The molecule has 0 spiro atoms. The van der Waals surface area contributed by atoms with E-state index in [0.29, 0.717) is 39.1 Å². The van der Waals surface area contributed by atoms with Gasteiger partial charge >= 0.3 is 6.18 Å². The van der Waals surface area contributed by atoms with Crippen LogP contribution in [-0.2, 0) is 28.9 Å². The van der Waals surface area contributed by atoms with E-state index < -0.39 is 40.4 Å². The molecule has 45 heavy (non-hydrogen) atoms. The van der Waals surface area contributed by atoms with E-state index in [2.05, 4.69) is 47.8 Å². The third-order valence-corrected chi connectivity index (χ3v) is 9.55. The summed E-state index contributed by atoms with van der Waals surface area (Å²) >= 11 is 2.07. The molecule has 236 valence electrons. The molecule has 0 saturated carbocycles. The number of pyridine rings is 2. The van der Waals surface area contributed by atoms with E-state index in [1.165, 1.54) is 35.6 Å². The van der Waals surface area contributed by atoms with Gasteiger partial charge in [0.05, 0.1) is 27.6 Å². The van der Waals surface area contributed by atoms with E-state index in [9.17, 15) is 32.7 Å². The number of likely N-dealkylation sites (tertiary alicyclic amines) is 1. The van der Waals surface area contributed by atoms with Gasteiger partial charge in [0.25, 0.3) is 0 Å². The first kappa shape index (κ1) is 32.4. The van der Waals surface area contributed by atoms with Crippen LogP contribution in [0.4, 0.5) is 19.0 Å². The normalized spacial score (nSPS) is 18.4. The van der Waals surface area contributed by atoms with E-state index in [0.717, 1.165) is 6.07 Å². The number of halogens is 4. The van der Waals surface area contributed by atoms with Gasteiger partial charge in [0.2, 0.25) is 11.8 Å². The van der Waals surface area contributed by atoms with Crippen molar-refractivity contribution in [1.82, 2.24) is 29.4 Å². The number of aryl methyl sites for hydroxylation is 2. The summed E-state index contributed by atoms with van der Waals surface area (Å²) in [6, 6.07) is 2.76. The summed E-state index contributed by atoms with van der Waals surface area (Å²) in [6.07, 6.45) is 0.276. The van der Waals surface area contributed by atoms with Crippen LogP contribution in [0.15, 0.2) is 36.8 Å². The van der Waals surface area contributed by atoms with Crippen LogP contribution in [-0.4, -0.2) is 62.2 Å². The second-order valence-electron chi connectivity index (χ2n) is 11.0. The number of ketones is 1. The van der Waals surface area contributed by atoms with E-state index in [-0.39, 0.29) is 36.2 Å². The predicted octanol–water partition coefficient (Wildman–Crippen LogP) is 4.86. The number of nitrogens with zero attached hydrogens (tertiary/aromatic N) is 6. The Morgan fingerprint density at radius 3 is 2.44 bits per heavy atom. The number of aliphatic hydroxyl groups excluding tert-OH is 1. The summed E-state index contributed by atoms with van der Waals surface area (Å²) < 4.78 is 41.0. The molecule has 0 aliphatic carbocycles. The minimum Gasteiger partial charge on any atom is -0.390 e. The van der Waals surface area contributed by atoms with Crippen molar-refractivity contribution < 1.29 is 32.7 Å². The minimum atomic E-state index is -4.69. The number of fused-ring (bicyclic) bond motifs is 1. The molecule has 0 radical (unpaired) electrons. The van der Waals surface area contributed by atoms with E-state index in [1.807, 2.05) is 6.92 Å². The molecule has 2 N–H and O–H groups in total. The number of anilines is 1. The van der Waals surface area contributed by atoms with Crippen LogP contribution in [0.1, 0.15) is 53.4 Å². The number of hydrogen-bond donors (Lipinski definition) is 2. The van der Waals surface area contributed by atoms with Gasteiger partial charge in [-0.05, 0) is 50.8 Å². The zero-order chi connectivity index (χ0) is 32.8. The second kappa shape index (κ2) is 12.4. The average molecular weight is 736 g/mol. The Bertz CT molecular complexity index is 1810. The van der Waals surface area contributed by atoms with Crippen molar-refractivity contribution in [2.75, 3.05) is 5.32 Å². The smallest absolute Gasteiger partial charge is 0.390 e. The molecule has 0 bridgehead atoms. The van der Waals surface area contributed by atoms with Crippen molar-refractivity contribution in [3.63, 3.8) is 0 Å². The Kier molecular flexibility index (Phi) is 8.95. The Morgan fingerprint density at radius 1 is 1.13 bits per heavy atom. The van der Waals surface area contributed by atoms with E-state index >= 15 is 0 Å². The third kappa shape index (κ3) is 6.40. The minimum absolute atomic E-state index is 0.107. The van der Waals surface area contributed by atoms with Crippen LogP contribution in [0.3, 0.4) is 0 Å². The number of carbonyl (C=O) groups excluding carboxylic acids is 3. The summed E-state index contributed by atoms with van der Waals surface area (Å²) in [4.78, 5) is 58.0. The first-order chi connectivity index (χ1) is 21.2. The molecule has 1 aliphatic heterocycles. The van der Waals surface area contributed by atoms with Crippen LogP contribution in [0.2, 0.25) is 0 Å². The SMILES string of the molecule is CC(=O)c1cn(CC(=O)N2C(C(=O)Nc3nc(C(F)(F)F)ccc3C)C[C@H](C)[C@H]2I)c2c(CO)nc(-c3cnc(C)nc3)cc12. The number of alkyl halides is 4. The van der Waals surface area contributed by atoms with Gasteiger partial charge in [0.15, 0.2) is 5.78 Å². The highest BCUT2D eigenvalue weighted by Crippen LogP contribution is 2.36. The van der Waals surface area contributed by atoms with Crippen LogP contribution in [0.25, 0.3) is 22.2 Å².